The number of primary sulfonamides is 1. The second kappa shape index (κ2) is 6.31. The molecule has 21 heavy (non-hydrogen) atoms. The van der Waals surface area contributed by atoms with Crippen molar-refractivity contribution in [2.45, 2.75) is 37.1 Å². The van der Waals surface area contributed by atoms with E-state index in [1.807, 2.05) is 11.9 Å². The van der Waals surface area contributed by atoms with Crippen molar-refractivity contribution in [2.24, 2.45) is 5.14 Å². The lowest BCUT2D eigenvalue weighted by molar-refractivity contribution is 0.0612. The number of rotatable bonds is 3. The summed E-state index contributed by atoms with van der Waals surface area (Å²) in [5.74, 6) is -0.370. The van der Waals surface area contributed by atoms with Crippen LogP contribution in [-0.4, -0.2) is 31.9 Å². The zero-order valence-corrected chi connectivity index (χ0v) is 13.2. The van der Waals surface area contributed by atoms with Crippen LogP contribution in [0.3, 0.4) is 0 Å². The van der Waals surface area contributed by atoms with Crippen molar-refractivity contribution < 1.29 is 13.2 Å². The predicted molar refractivity (Wildman–Crippen MR) is 80.3 cm³/mol. The number of nitrogens with one attached hydrogen (secondary N) is 1. The van der Waals surface area contributed by atoms with Gasteiger partial charge in [0.15, 0.2) is 0 Å². The molecule has 1 heterocycles. The number of carbonyl (C=O) groups is 1. The van der Waals surface area contributed by atoms with Gasteiger partial charge in [-0.15, -0.1) is 0 Å². The van der Waals surface area contributed by atoms with E-state index >= 15 is 0 Å². The third kappa shape index (κ3) is 3.94. The number of piperidine rings is 1. The van der Waals surface area contributed by atoms with Crippen molar-refractivity contribution in [1.29, 1.82) is 0 Å². The molecule has 1 aromatic carbocycles. The maximum Gasteiger partial charge on any atom is 0.265 e. The molecule has 0 spiro atoms. The van der Waals surface area contributed by atoms with Crippen LogP contribution in [0, 0.1) is 0 Å². The molecular weight excluding hydrogens is 314 g/mol. The maximum absolute atomic E-state index is 12.2. The molecular formula is C13H18ClN3O3S. The van der Waals surface area contributed by atoms with Gasteiger partial charge in [-0.1, -0.05) is 18.0 Å². The summed E-state index contributed by atoms with van der Waals surface area (Å²) in [7, 11) is -3.96. The molecule has 116 valence electrons. The van der Waals surface area contributed by atoms with Gasteiger partial charge in [-0.3, -0.25) is 10.2 Å². The summed E-state index contributed by atoms with van der Waals surface area (Å²) in [4.78, 5) is 12.0. The van der Waals surface area contributed by atoms with Gasteiger partial charge in [-0.2, -0.15) is 0 Å². The molecule has 1 saturated heterocycles. The van der Waals surface area contributed by atoms with Crippen molar-refractivity contribution in [3.63, 3.8) is 0 Å². The first kappa shape index (κ1) is 16.2. The van der Waals surface area contributed by atoms with Gasteiger partial charge < -0.3 is 0 Å². The average molecular weight is 332 g/mol. The fraction of sp³-hybridized carbons (Fsp3) is 0.462. The van der Waals surface area contributed by atoms with E-state index in [2.05, 4.69) is 5.43 Å². The smallest absolute Gasteiger partial charge is 0.265 e. The van der Waals surface area contributed by atoms with Crippen LogP contribution in [0.25, 0.3) is 0 Å². The van der Waals surface area contributed by atoms with Crippen molar-refractivity contribution in [3.05, 3.63) is 28.8 Å². The Labute approximate surface area is 129 Å². The number of hydrogen-bond donors (Lipinski definition) is 2. The van der Waals surface area contributed by atoms with Crippen LogP contribution in [0.4, 0.5) is 0 Å². The molecule has 0 radical (unpaired) electrons. The van der Waals surface area contributed by atoms with Gasteiger partial charge in [0.05, 0.1) is 5.02 Å². The van der Waals surface area contributed by atoms with E-state index in [9.17, 15) is 13.2 Å². The van der Waals surface area contributed by atoms with Gasteiger partial charge in [0.25, 0.3) is 5.91 Å². The highest BCUT2D eigenvalue weighted by atomic mass is 35.5. The number of benzene rings is 1. The first-order valence-electron chi connectivity index (χ1n) is 6.69. The Bertz CT molecular complexity index is 648. The first-order valence-corrected chi connectivity index (χ1v) is 8.61. The minimum absolute atomic E-state index is 0.000362. The van der Waals surface area contributed by atoms with Crippen LogP contribution in [0.1, 0.15) is 36.5 Å². The third-order valence-corrected chi connectivity index (χ3v) is 4.94. The highest BCUT2D eigenvalue weighted by molar-refractivity contribution is 7.89. The fourth-order valence-corrected chi connectivity index (χ4v) is 3.39. The quantitative estimate of drug-likeness (QED) is 0.878. The molecule has 6 nitrogen and oxygen atoms in total. The van der Waals surface area contributed by atoms with Crippen molar-refractivity contribution in [2.75, 3.05) is 6.54 Å². The van der Waals surface area contributed by atoms with Crippen molar-refractivity contribution >= 4 is 27.5 Å². The summed E-state index contributed by atoms with van der Waals surface area (Å²) >= 11 is 5.80. The number of amides is 1. The number of nitrogens with zero attached hydrogens (tertiary/aromatic N) is 1. The highest BCUT2D eigenvalue weighted by Crippen LogP contribution is 2.22. The van der Waals surface area contributed by atoms with E-state index in [1.165, 1.54) is 18.2 Å². The average Bonchev–Trinajstić information content (AvgIpc) is 2.40. The Morgan fingerprint density at radius 2 is 2.14 bits per heavy atom. The summed E-state index contributed by atoms with van der Waals surface area (Å²) in [5, 5.41) is 6.95. The van der Waals surface area contributed by atoms with Crippen molar-refractivity contribution in [3.8, 4) is 0 Å². The van der Waals surface area contributed by atoms with E-state index in [-0.39, 0.29) is 27.4 Å². The second-order valence-corrected chi connectivity index (χ2v) is 7.11. The molecule has 0 saturated carbocycles. The molecule has 8 heteroatoms. The number of sulfonamides is 1. The van der Waals surface area contributed by atoms with Crippen LogP contribution in [0.15, 0.2) is 23.1 Å². The monoisotopic (exact) mass is 331 g/mol. The van der Waals surface area contributed by atoms with Gasteiger partial charge >= 0.3 is 0 Å². The summed E-state index contributed by atoms with van der Waals surface area (Å²) in [6.07, 6.45) is 3.18. The molecule has 0 bridgehead atoms. The summed E-state index contributed by atoms with van der Waals surface area (Å²) in [5.41, 5.74) is 3.01. The number of halogens is 1. The Hall–Kier alpha value is -1.15. The van der Waals surface area contributed by atoms with Gasteiger partial charge in [0.2, 0.25) is 10.0 Å². The van der Waals surface area contributed by atoms with Gasteiger partial charge in [0, 0.05) is 18.2 Å². The lowest BCUT2D eigenvalue weighted by atomic mass is 10.1. The van der Waals surface area contributed by atoms with Crippen LogP contribution < -0.4 is 10.6 Å². The maximum atomic E-state index is 12.2. The standard InChI is InChI=1S/C13H18ClN3O3S/c1-9-4-2-3-7-17(9)16-13(18)10-5-6-11(14)12(8-10)21(15,19)20/h5-6,8-9H,2-4,7H2,1H3,(H,16,18)(H2,15,19,20). The number of carbonyl (C=O) groups excluding carboxylic acids is 1. The highest BCUT2D eigenvalue weighted by Gasteiger charge is 2.22. The molecule has 1 aliphatic heterocycles. The van der Waals surface area contributed by atoms with E-state index < -0.39 is 10.0 Å². The number of hydrogen-bond acceptors (Lipinski definition) is 4. The van der Waals surface area contributed by atoms with Gasteiger partial charge in [-0.25, -0.2) is 18.6 Å². The van der Waals surface area contributed by atoms with Crippen LogP contribution >= 0.6 is 11.6 Å². The van der Waals surface area contributed by atoms with Crippen LogP contribution in [0.2, 0.25) is 5.02 Å². The Kier molecular flexibility index (Phi) is 4.88. The first-order chi connectivity index (χ1) is 9.79. The predicted octanol–water partition coefficient (Wildman–Crippen LogP) is 1.51. The van der Waals surface area contributed by atoms with E-state index in [4.69, 9.17) is 16.7 Å². The Morgan fingerprint density at radius 3 is 2.76 bits per heavy atom. The largest absolute Gasteiger partial charge is 0.285 e. The van der Waals surface area contributed by atoms with Crippen molar-refractivity contribution in [1.82, 2.24) is 10.4 Å². The van der Waals surface area contributed by atoms with E-state index in [0.717, 1.165) is 25.8 Å². The van der Waals surface area contributed by atoms with Gasteiger partial charge in [0.1, 0.15) is 4.90 Å². The lowest BCUT2D eigenvalue weighted by Gasteiger charge is -2.33. The molecule has 1 amide bonds. The molecule has 1 atom stereocenters. The third-order valence-electron chi connectivity index (χ3n) is 3.55. The Balaban J connectivity index is 2.20. The SMILES string of the molecule is CC1CCCCN1NC(=O)c1ccc(Cl)c(S(N)(=O)=O)c1. The second-order valence-electron chi connectivity index (χ2n) is 5.17. The molecule has 1 aliphatic rings. The molecule has 0 aliphatic carbocycles. The molecule has 1 unspecified atom stereocenters. The van der Waals surface area contributed by atoms with Gasteiger partial charge in [-0.05, 0) is 38.0 Å². The lowest BCUT2D eigenvalue weighted by Crippen LogP contribution is -2.49. The molecule has 0 aromatic heterocycles. The number of nitrogens with two attached hydrogens (primary N) is 1. The minimum atomic E-state index is -3.96. The van der Waals surface area contributed by atoms with Crippen LogP contribution in [0.5, 0.6) is 0 Å². The molecule has 3 N–H and O–H groups in total. The van der Waals surface area contributed by atoms with E-state index in [1.54, 1.807) is 0 Å². The molecule has 1 fully saturated rings. The van der Waals surface area contributed by atoms with E-state index in [0.29, 0.717) is 0 Å². The number of hydrazine groups is 1. The zero-order chi connectivity index (χ0) is 15.6. The topological polar surface area (TPSA) is 92.5 Å². The molecule has 1 aromatic rings. The Morgan fingerprint density at radius 1 is 1.43 bits per heavy atom. The molecule has 2 rings (SSSR count). The zero-order valence-electron chi connectivity index (χ0n) is 11.7. The normalized spacial score (nSPS) is 20.2. The summed E-state index contributed by atoms with van der Waals surface area (Å²) in [6, 6.07) is 4.28. The summed E-state index contributed by atoms with van der Waals surface area (Å²) in [6.45, 7) is 2.82. The fourth-order valence-electron chi connectivity index (χ4n) is 2.32. The van der Waals surface area contributed by atoms with Crippen LogP contribution in [-0.2, 0) is 10.0 Å². The summed E-state index contributed by atoms with van der Waals surface area (Å²) < 4.78 is 22.8. The minimum Gasteiger partial charge on any atom is -0.285 e.